The van der Waals surface area contributed by atoms with E-state index in [4.69, 9.17) is 4.74 Å². The largest absolute Gasteiger partial charge is 0.461 e. The Morgan fingerprint density at radius 1 is 0.792 bits per heavy atom. The van der Waals surface area contributed by atoms with Crippen molar-refractivity contribution >= 4 is 5.97 Å². The van der Waals surface area contributed by atoms with Gasteiger partial charge in [0.15, 0.2) is 0 Å². The van der Waals surface area contributed by atoms with E-state index in [0.717, 1.165) is 31.2 Å². The molecule has 136 valence electrons. The van der Waals surface area contributed by atoms with Crippen LogP contribution in [0.15, 0.2) is 24.3 Å². The molecule has 0 aliphatic rings. The van der Waals surface area contributed by atoms with Crippen molar-refractivity contribution in [1.82, 2.24) is 0 Å². The van der Waals surface area contributed by atoms with Gasteiger partial charge < -0.3 is 4.74 Å². The van der Waals surface area contributed by atoms with Gasteiger partial charge in [0.25, 0.3) is 0 Å². The number of aryl methyl sites for hydroxylation is 1. The van der Waals surface area contributed by atoms with Gasteiger partial charge in [-0.2, -0.15) is 0 Å². The average molecular weight is 333 g/mol. The van der Waals surface area contributed by atoms with Gasteiger partial charge in [-0.25, -0.2) is 0 Å². The monoisotopic (exact) mass is 332 g/mol. The third-order valence-electron chi connectivity index (χ3n) is 4.51. The predicted molar refractivity (Wildman–Crippen MR) is 102 cm³/mol. The molecule has 0 heterocycles. The first kappa shape index (κ1) is 20.7. The third-order valence-corrected chi connectivity index (χ3v) is 4.51. The van der Waals surface area contributed by atoms with Gasteiger partial charge in [0.05, 0.1) is 0 Å². The van der Waals surface area contributed by atoms with Crippen LogP contribution in [0.4, 0.5) is 0 Å². The molecule has 0 N–H and O–H groups in total. The van der Waals surface area contributed by atoms with Crippen molar-refractivity contribution in [3.8, 4) is 0 Å². The van der Waals surface area contributed by atoms with Gasteiger partial charge >= 0.3 is 5.97 Å². The average Bonchev–Trinajstić information content (AvgIpc) is 2.60. The van der Waals surface area contributed by atoms with E-state index in [2.05, 4.69) is 32.0 Å². The highest BCUT2D eigenvalue weighted by Gasteiger charge is 2.06. The molecule has 1 aromatic rings. The Labute approximate surface area is 149 Å². The van der Waals surface area contributed by atoms with Crippen LogP contribution in [0.2, 0.25) is 0 Å². The minimum absolute atomic E-state index is 0.0516. The van der Waals surface area contributed by atoms with Gasteiger partial charge in [0.1, 0.15) is 6.61 Å². The molecule has 1 aromatic carbocycles. The summed E-state index contributed by atoms with van der Waals surface area (Å²) >= 11 is 0. The van der Waals surface area contributed by atoms with Crippen molar-refractivity contribution in [2.24, 2.45) is 0 Å². The molecule has 0 unspecified atom stereocenters. The van der Waals surface area contributed by atoms with Gasteiger partial charge in [-0.15, -0.1) is 0 Å². The van der Waals surface area contributed by atoms with Crippen LogP contribution in [-0.2, 0) is 22.6 Å². The number of hydrogen-bond donors (Lipinski definition) is 0. The summed E-state index contributed by atoms with van der Waals surface area (Å²) in [6.45, 7) is 4.85. The van der Waals surface area contributed by atoms with Crippen molar-refractivity contribution in [3.05, 3.63) is 35.4 Å². The Morgan fingerprint density at radius 3 is 2.00 bits per heavy atom. The fourth-order valence-electron chi connectivity index (χ4n) is 3.02. The number of hydrogen-bond acceptors (Lipinski definition) is 2. The van der Waals surface area contributed by atoms with E-state index < -0.39 is 0 Å². The smallest absolute Gasteiger partial charge is 0.306 e. The number of ether oxygens (including phenoxy) is 1. The molecule has 0 spiro atoms. The van der Waals surface area contributed by atoms with Crippen molar-refractivity contribution in [1.29, 1.82) is 0 Å². The fraction of sp³-hybridized carbons (Fsp3) is 0.682. The summed E-state index contributed by atoms with van der Waals surface area (Å²) in [6, 6.07) is 8.27. The first-order chi connectivity index (χ1) is 11.8. The number of esters is 1. The fourth-order valence-corrected chi connectivity index (χ4v) is 3.02. The lowest BCUT2D eigenvalue weighted by Crippen LogP contribution is -2.06. The van der Waals surface area contributed by atoms with Gasteiger partial charge in [-0.3, -0.25) is 4.79 Å². The molecule has 0 aliphatic carbocycles. The Morgan fingerprint density at radius 2 is 1.38 bits per heavy atom. The minimum Gasteiger partial charge on any atom is -0.461 e. The lowest BCUT2D eigenvalue weighted by Gasteiger charge is -2.09. The van der Waals surface area contributed by atoms with Gasteiger partial charge in [0.2, 0.25) is 0 Å². The zero-order chi connectivity index (χ0) is 17.5. The standard InChI is InChI=1S/C22H36O2/c1-3-5-6-7-8-9-10-11-12-18-22(23)24-19-21-17-14-13-16-20(21)15-4-2/h13-14,16-17H,3-12,15,18-19H2,1-2H3. The molecule has 0 atom stereocenters. The first-order valence-electron chi connectivity index (χ1n) is 10.00. The van der Waals surface area contributed by atoms with E-state index in [1.165, 1.54) is 50.5 Å². The maximum atomic E-state index is 11.9. The predicted octanol–water partition coefficient (Wildman–Crippen LogP) is 6.60. The third kappa shape index (κ3) is 9.75. The number of unbranched alkanes of at least 4 members (excludes halogenated alkanes) is 8. The van der Waals surface area contributed by atoms with Crippen molar-refractivity contribution in [3.63, 3.8) is 0 Å². The molecule has 0 saturated heterocycles. The SMILES string of the molecule is CCCCCCCCCCCC(=O)OCc1ccccc1CCC. The van der Waals surface area contributed by atoms with Crippen LogP contribution in [0, 0.1) is 0 Å². The number of benzene rings is 1. The highest BCUT2D eigenvalue weighted by Crippen LogP contribution is 2.14. The van der Waals surface area contributed by atoms with Crippen molar-refractivity contribution in [2.45, 2.75) is 97.5 Å². The van der Waals surface area contributed by atoms with Crippen LogP contribution in [0.5, 0.6) is 0 Å². The van der Waals surface area contributed by atoms with Gasteiger partial charge in [0, 0.05) is 6.42 Å². The molecule has 0 aliphatic heterocycles. The van der Waals surface area contributed by atoms with Crippen molar-refractivity contribution in [2.75, 3.05) is 0 Å². The normalized spacial score (nSPS) is 10.8. The Balaban J connectivity index is 2.06. The highest BCUT2D eigenvalue weighted by atomic mass is 16.5. The molecular weight excluding hydrogens is 296 g/mol. The molecular formula is C22H36O2. The quantitative estimate of drug-likeness (QED) is 0.283. The zero-order valence-electron chi connectivity index (χ0n) is 15.8. The van der Waals surface area contributed by atoms with Crippen LogP contribution >= 0.6 is 0 Å². The lowest BCUT2D eigenvalue weighted by atomic mass is 10.0. The number of carbonyl (C=O) groups excluding carboxylic acids is 1. The van der Waals surface area contributed by atoms with Gasteiger partial charge in [-0.05, 0) is 24.0 Å². The minimum atomic E-state index is -0.0516. The first-order valence-corrected chi connectivity index (χ1v) is 10.00. The molecule has 2 heteroatoms. The zero-order valence-corrected chi connectivity index (χ0v) is 15.8. The van der Waals surface area contributed by atoms with Crippen LogP contribution < -0.4 is 0 Å². The van der Waals surface area contributed by atoms with E-state index in [1.807, 2.05) is 6.07 Å². The topological polar surface area (TPSA) is 26.3 Å². The van der Waals surface area contributed by atoms with Crippen molar-refractivity contribution < 1.29 is 9.53 Å². The Bertz CT molecular complexity index is 439. The second-order valence-electron chi connectivity index (χ2n) is 6.76. The highest BCUT2D eigenvalue weighted by molar-refractivity contribution is 5.69. The summed E-state index contributed by atoms with van der Waals surface area (Å²) in [4.78, 5) is 11.9. The van der Waals surface area contributed by atoms with Crippen LogP contribution in [-0.4, -0.2) is 5.97 Å². The second kappa shape index (κ2) is 14.1. The molecule has 1 rings (SSSR count). The van der Waals surface area contributed by atoms with Gasteiger partial charge in [-0.1, -0.05) is 95.9 Å². The maximum absolute atomic E-state index is 11.9. The summed E-state index contributed by atoms with van der Waals surface area (Å²) in [5, 5.41) is 0. The summed E-state index contributed by atoms with van der Waals surface area (Å²) in [5.74, 6) is -0.0516. The summed E-state index contributed by atoms with van der Waals surface area (Å²) in [7, 11) is 0. The summed E-state index contributed by atoms with van der Waals surface area (Å²) in [6.07, 6.45) is 14.2. The van der Waals surface area contributed by atoms with Crippen LogP contribution in [0.3, 0.4) is 0 Å². The maximum Gasteiger partial charge on any atom is 0.306 e. The molecule has 0 saturated carbocycles. The van der Waals surface area contributed by atoms with E-state index in [-0.39, 0.29) is 5.97 Å². The van der Waals surface area contributed by atoms with Crippen LogP contribution in [0.1, 0.15) is 95.6 Å². The summed E-state index contributed by atoms with van der Waals surface area (Å²) < 4.78 is 5.45. The molecule has 0 radical (unpaired) electrons. The Kier molecular flexibility index (Phi) is 12.2. The van der Waals surface area contributed by atoms with E-state index in [0.29, 0.717) is 13.0 Å². The Hall–Kier alpha value is -1.31. The van der Waals surface area contributed by atoms with E-state index >= 15 is 0 Å². The molecule has 0 amide bonds. The lowest BCUT2D eigenvalue weighted by molar-refractivity contribution is -0.145. The number of carbonyl (C=O) groups is 1. The van der Waals surface area contributed by atoms with Crippen LogP contribution in [0.25, 0.3) is 0 Å². The molecule has 0 fully saturated rings. The number of rotatable bonds is 14. The molecule has 0 aromatic heterocycles. The molecule has 2 nitrogen and oxygen atoms in total. The summed E-state index contributed by atoms with van der Waals surface area (Å²) in [5.41, 5.74) is 2.45. The van der Waals surface area contributed by atoms with E-state index in [1.54, 1.807) is 0 Å². The second-order valence-corrected chi connectivity index (χ2v) is 6.76. The van der Waals surface area contributed by atoms with E-state index in [9.17, 15) is 4.79 Å². The molecule has 24 heavy (non-hydrogen) atoms. The molecule has 0 bridgehead atoms.